The number of carbonyl (C=O) groups is 2. The number of halogens is 1. The van der Waals surface area contributed by atoms with Crippen LogP contribution in [-0.2, 0) is 9.59 Å². The summed E-state index contributed by atoms with van der Waals surface area (Å²) in [6.07, 6.45) is 2.91. The van der Waals surface area contributed by atoms with Crippen LogP contribution in [0, 0.1) is 5.82 Å². The third-order valence-electron chi connectivity index (χ3n) is 2.78. The van der Waals surface area contributed by atoms with Crippen LogP contribution in [0.15, 0.2) is 54.6 Å². The molecule has 0 aliphatic rings. The third kappa shape index (κ3) is 5.62. The van der Waals surface area contributed by atoms with E-state index >= 15 is 0 Å². The number of nitrogens with one attached hydrogen (secondary N) is 1. The number of benzene rings is 2. The Bertz CT molecular complexity index is 727. The molecule has 0 atom stereocenters. The van der Waals surface area contributed by atoms with E-state index in [9.17, 15) is 14.0 Å². The molecule has 0 heterocycles. The number of hydrogen-bond acceptors (Lipinski definition) is 3. The van der Waals surface area contributed by atoms with Crippen molar-refractivity contribution < 1.29 is 18.7 Å². The maximum absolute atomic E-state index is 12.8. The molecule has 0 fully saturated rings. The molecule has 0 unspecified atom stereocenters. The topological polar surface area (TPSA) is 81.4 Å². The minimum absolute atomic E-state index is 0.234. The summed E-state index contributed by atoms with van der Waals surface area (Å²) < 4.78 is 17.9. The second-order valence-electron chi connectivity index (χ2n) is 4.66. The lowest BCUT2D eigenvalue weighted by atomic mass is 10.2. The van der Waals surface area contributed by atoms with Gasteiger partial charge in [0.1, 0.15) is 11.6 Å². The first-order valence-electron chi connectivity index (χ1n) is 6.79. The molecular formula is C17H15FN2O3. The lowest BCUT2D eigenvalue weighted by Crippen LogP contribution is -2.20. The molecule has 2 aromatic rings. The van der Waals surface area contributed by atoms with E-state index in [0.717, 1.165) is 0 Å². The SMILES string of the molecule is NC(=O)COc1cccc(NC(=O)/C=C/c2ccc(F)cc2)c1. The molecule has 6 heteroatoms. The minimum Gasteiger partial charge on any atom is -0.484 e. The summed E-state index contributed by atoms with van der Waals surface area (Å²) in [5.74, 6) is -0.841. The second-order valence-corrected chi connectivity index (χ2v) is 4.66. The highest BCUT2D eigenvalue weighted by molar-refractivity contribution is 6.02. The zero-order valence-corrected chi connectivity index (χ0v) is 12.2. The van der Waals surface area contributed by atoms with Crippen LogP contribution in [0.3, 0.4) is 0 Å². The number of nitrogens with two attached hydrogens (primary N) is 1. The standard InChI is InChI=1S/C17H15FN2O3/c18-13-7-4-12(5-8-13)6-9-17(22)20-14-2-1-3-15(10-14)23-11-16(19)21/h1-10H,11H2,(H2,19,21)(H,20,22)/b9-6+. The van der Waals surface area contributed by atoms with Gasteiger partial charge in [0.15, 0.2) is 6.61 Å². The zero-order valence-electron chi connectivity index (χ0n) is 12.2. The molecule has 23 heavy (non-hydrogen) atoms. The predicted octanol–water partition coefficient (Wildman–Crippen LogP) is 2.34. The van der Waals surface area contributed by atoms with Crippen molar-refractivity contribution in [1.82, 2.24) is 0 Å². The van der Waals surface area contributed by atoms with Crippen LogP contribution in [0.1, 0.15) is 5.56 Å². The monoisotopic (exact) mass is 314 g/mol. The molecule has 0 aliphatic heterocycles. The Morgan fingerprint density at radius 2 is 1.91 bits per heavy atom. The molecule has 0 bridgehead atoms. The number of amides is 2. The average molecular weight is 314 g/mol. The van der Waals surface area contributed by atoms with Crippen LogP contribution in [0.2, 0.25) is 0 Å². The summed E-state index contributed by atoms with van der Waals surface area (Å²) >= 11 is 0. The molecular weight excluding hydrogens is 299 g/mol. The van der Waals surface area contributed by atoms with E-state index < -0.39 is 5.91 Å². The summed E-state index contributed by atoms with van der Waals surface area (Å²) in [5, 5.41) is 2.66. The maximum atomic E-state index is 12.8. The van der Waals surface area contributed by atoms with Crippen molar-refractivity contribution in [3.8, 4) is 5.75 Å². The summed E-state index contributed by atoms with van der Waals surface area (Å²) in [6.45, 7) is -0.234. The van der Waals surface area contributed by atoms with E-state index in [1.165, 1.54) is 18.2 Å². The van der Waals surface area contributed by atoms with Crippen LogP contribution < -0.4 is 15.8 Å². The van der Waals surface area contributed by atoms with E-state index in [0.29, 0.717) is 17.0 Å². The minimum atomic E-state index is -0.582. The van der Waals surface area contributed by atoms with Crippen LogP contribution in [0.4, 0.5) is 10.1 Å². The molecule has 0 saturated carbocycles. The second kappa shape index (κ2) is 7.74. The van der Waals surface area contributed by atoms with Crippen LogP contribution in [-0.4, -0.2) is 18.4 Å². The van der Waals surface area contributed by atoms with E-state index in [1.807, 2.05) is 0 Å². The van der Waals surface area contributed by atoms with Gasteiger partial charge in [-0.3, -0.25) is 9.59 Å². The average Bonchev–Trinajstić information content (AvgIpc) is 2.53. The van der Waals surface area contributed by atoms with Gasteiger partial charge in [0, 0.05) is 17.8 Å². The normalized spacial score (nSPS) is 10.5. The lowest BCUT2D eigenvalue weighted by Gasteiger charge is -2.06. The Labute approximate surface area is 132 Å². The summed E-state index contributed by atoms with van der Waals surface area (Å²) in [6, 6.07) is 12.3. The molecule has 0 aromatic heterocycles. The molecule has 0 saturated heterocycles. The van der Waals surface area contributed by atoms with Crippen molar-refractivity contribution in [3.63, 3.8) is 0 Å². The summed E-state index contributed by atoms with van der Waals surface area (Å²) in [5.41, 5.74) is 6.22. The van der Waals surface area contributed by atoms with Gasteiger partial charge in [-0.25, -0.2) is 4.39 Å². The van der Waals surface area contributed by atoms with Crippen LogP contribution in [0.25, 0.3) is 6.08 Å². The molecule has 2 amide bonds. The Kier molecular flexibility index (Phi) is 5.46. The number of primary amides is 1. The number of anilines is 1. The van der Waals surface area contributed by atoms with Gasteiger partial charge < -0.3 is 15.8 Å². The predicted molar refractivity (Wildman–Crippen MR) is 85.2 cm³/mol. The Morgan fingerprint density at radius 1 is 1.17 bits per heavy atom. The fourth-order valence-corrected chi connectivity index (χ4v) is 1.75. The molecule has 2 rings (SSSR count). The lowest BCUT2D eigenvalue weighted by molar-refractivity contribution is -0.120. The Morgan fingerprint density at radius 3 is 2.61 bits per heavy atom. The van der Waals surface area contributed by atoms with Crippen molar-refractivity contribution in [2.24, 2.45) is 5.73 Å². The molecule has 0 spiro atoms. The molecule has 5 nitrogen and oxygen atoms in total. The van der Waals surface area contributed by atoms with Gasteiger partial charge >= 0.3 is 0 Å². The van der Waals surface area contributed by atoms with Crippen molar-refractivity contribution in [1.29, 1.82) is 0 Å². The van der Waals surface area contributed by atoms with Gasteiger partial charge in [0.2, 0.25) is 5.91 Å². The largest absolute Gasteiger partial charge is 0.484 e. The first-order chi connectivity index (χ1) is 11.0. The van der Waals surface area contributed by atoms with E-state index in [-0.39, 0.29) is 18.3 Å². The fraction of sp³-hybridized carbons (Fsp3) is 0.0588. The third-order valence-corrected chi connectivity index (χ3v) is 2.78. The first kappa shape index (κ1) is 16.2. The Hall–Kier alpha value is -3.15. The molecule has 0 radical (unpaired) electrons. The fourth-order valence-electron chi connectivity index (χ4n) is 1.75. The van der Waals surface area contributed by atoms with Crippen molar-refractivity contribution in [3.05, 3.63) is 66.0 Å². The highest BCUT2D eigenvalue weighted by atomic mass is 19.1. The molecule has 118 valence electrons. The van der Waals surface area contributed by atoms with Crippen molar-refractivity contribution in [2.45, 2.75) is 0 Å². The molecule has 3 N–H and O–H groups in total. The molecule has 0 aliphatic carbocycles. The number of carbonyl (C=O) groups excluding carboxylic acids is 2. The van der Waals surface area contributed by atoms with Gasteiger partial charge in [-0.15, -0.1) is 0 Å². The van der Waals surface area contributed by atoms with E-state index in [4.69, 9.17) is 10.5 Å². The smallest absolute Gasteiger partial charge is 0.255 e. The van der Waals surface area contributed by atoms with Gasteiger partial charge in [-0.05, 0) is 35.9 Å². The van der Waals surface area contributed by atoms with E-state index in [1.54, 1.807) is 42.5 Å². The van der Waals surface area contributed by atoms with Gasteiger partial charge in [0.05, 0.1) is 0 Å². The number of hydrogen-bond donors (Lipinski definition) is 2. The maximum Gasteiger partial charge on any atom is 0.255 e. The Balaban J connectivity index is 1.95. The van der Waals surface area contributed by atoms with Crippen LogP contribution >= 0.6 is 0 Å². The van der Waals surface area contributed by atoms with E-state index in [2.05, 4.69) is 5.32 Å². The zero-order chi connectivity index (χ0) is 16.7. The highest BCUT2D eigenvalue weighted by Crippen LogP contribution is 2.17. The summed E-state index contributed by atoms with van der Waals surface area (Å²) in [7, 11) is 0. The van der Waals surface area contributed by atoms with Crippen LogP contribution in [0.5, 0.6) is 5.75 Å². The number of ether oxygens (including phenoxy) is 1. The quantitative estimate of drug-likeness (QED) is 0.803. The first-order valence-corrected chi connectivity index (χ1v) is 6.79. The summed E-state index contributed by atoms with van der Waals surface area (Å²) in [4.78, 5) is 22.5. The van der Waals surface area contributed by atoms with Crippen molar-refractivity contribution in [2.75, 3.05) is 11.9 Å². The molecule has 2 aromatic carbocycles. The van der Waals surface area contributed by atoms with Crippen molar-refractivity contribution >= 4 is 23.6 Å². The van der Waals surface area contributed by atoms with Gasteiger partial charge in [-0.2, -0.15) is 0 Å². The van der Waals surface area contributed by atoms with Gasteiger partial charge in [0.25, 0.3) is 5.91 Å². The van der Waals surface area contributed by atoms with Gasteiger partial charge in [-0.1, -0.05) is 18.2 Å². The number of rotatable bonds is 6. The highest BCUT2D eigenvalue weighted by Gasteiger charge is 2.02.